The largest absolute Gasteiger partial charge is 0.394 e. The Morgan fingerprint density at radius 2 is 2.10 bits per heavy atom. The molecule has 1 heterocycles. The molecule has 0 radical (unpaired) electrons. The second kappa shape index (κ2) is 6.57. The van der Waals surface area contributed by atoms with Crippen molar-refractivity contribution in [3.05, 3.63) is 34.9 Å². The van der Waals surface area contributed by atoms with Crippen molar-refractivity contribution in [3.8, 4) is 0 Å². The van der Waals surface area contributed by atoms with Crippen molar-refractivity contribution in [2.45, 2.75) is 38.5 Å². The van der Waals surface area contributed by atoms with E-state index in [9.17, 15) is 9.90 Å². The number of aliphatic hydroxyl groups is 1. The number of benzene rings is 1. The molecule has 1 amide bonds. The van der Waals surface area contributed by atoms with Crippen LogP contribution < -0.4 is 0 Å². The first-order chi connectivity index (χ1) is 9.58. The SMILES string of the molecule is CC[C@@H](CO)N1C(=O)C(C)OC[C@H]1c1ccc(Cl)cc1. The summed E-state index contributed by atoms with van der Waals surface area (Å²) in [6.45, 7) is 4.11. The zero-order valence-corrected chi connectivity index (χ0v) is 12.5. The maximum Gasteiger partial charge on any atom is 0.252 e. The van der Waals surface area contributed by atoms with Crippen LogP contribution in [0.5, 0.6) is 0 Å². The zero-order valence-electron chi connectivity index (χ0n) is 11.8. The number of nitrogens with zero attached hydrogens (tertiary/aromatic N) is 1. The molecular weight excluding hydrogens is 278 g/mol. The lowest BCUT2D eigenvalue weighted by atomic mass is 10.00. The molecule has 1 fully saturated rings. The average molecular weight is 298 g/mol. The van der Waals surface area contributed by atoms with Crippen molar-refractivity contribution in [1.29, 1.82) is 0 Å². The number of amides is 1. The van der Waals surface area contributed by atoms with Crippen LogP contribution >= 0.6 is 11.6 Å². The second-order valence-electron chi connectivity index (χ2n) is 5.03. The molecule has 20 heavy (non-hydrogen) atoms. The van der Waals surface area contributed by atoms with Gasteiger partial charge in [0.2, 0.25) is 0 Å². The highest BCUT2D eigenvalue weighted by Gasteiger charge is 2.38. The molecular formula is C15H20ClNO3. The van der Waals surface area contributed by atoms with E-state index in [1.165, 1.54) is 0 Å². The van der Waals surface area contributed by atoms with Gasteiger partial charge in [-0.25, -0.2) is 0 Å². The number of hydrogen-bond acceptors (Lipinski definition) is 3. The third-order valence-electron chi connectivity index (χ3n) is 3.77. The summed E-state index contributed by atoms with van der Waals surface area (Å²) in [7, 11) is 0. The summed E-state index contributed by atoms with van der Waals surface area (Å²) in [5, 5.41) is 10.2. The van der Waals surface area contributed by atoms with E-state index in [0.29, 0.717) is 18.1 Å². The van der Waals surface area contributed by atoms with Crippen LogP contribution in [-0.4, -0.2) is 41.3 Å². The van der Waals surface area contributed by atoms with Crippen LogP contribution in [0.15, 0.2) is 24.3 Å². The van der Waals surface area contributed by atoms with E-state index in [1.54, 1.807) is 24.0 Å². The Morgan fingerprint density at radius 1 is 1.45 bits per heavy atom. The molecule has 1 aliphatic rings. The fourth-order valence-electron chi connectivity index (χ4n) is 2.54. The topological polar surface area (TPSA) is 49.8 Å². The minimum Gasteiger partial charge on any atom is -0.394 e. The van der Waals surface area contributed by atoms with E-state index >= 15 is 0 Å². The number of halogens is 1. The molecule has 5 heteroatoms. The van der Waals surface area contributed by atoms with Gasteiger partial charge in [0.05, 0.1) is 25.3 Å². The Labute approximate surface area is 124 Å². The zero-order chi connectivity index (χ0) is 14.7. The van der Waals surface area contributed by atoms with Crippen LogP contribution in [0.2, 0.25) is 5.02 Å². The highest BCUT2D eigenvalue weighted by atomic mass is 35.5. The number of morpholine rings is 1. The molecule has 110 valence electrons. The third kappa shape index (κ3) is 2.97. The minimum atomic E-state index is -0.459. The maximum atomic E-state index is 12.4. The highest BCUT2D eigenvalue weighted by molar-refractivity contribution is 6.30. The minimum absolute atomic E-state index is 0.0426. The van der Waals surface area contributed by atoms with E-state index in [0.717, 1.165) is 5.56 Å². The molecule has 0 saturated carbocycles. The van der Waals surface area contributed by atoms with Gasteiger partial charge >= 0.3 is 0 Å². The summed E-state index contributed by atoms with van der Waals surface area (Å²) in [4.78, 5) is 14.2. The van der Waals surface area contributed by atoms with Crippen molar-refractivity contribution >= 4 is 17.5 Å². The molecule has 1 aliphatic heterocycles. The standard InChI is InChI=1S/C15H20ClNO3/c1-3-13(8-18)17-14(9-20-10(2)15(17)19)11-4-6-12(16)7-5-11/h4-7,10,13-14,18H,3,8-9H2,1-2H3/t10?,13-,14-/m0/s1. The summed E-state index contributed by atoms with van der Waals surface area (Å²) >= 11 is 5.90. The molecule has 1 N–H and O–H groups in total. The van der Waals surface area contributed by atoms with Gasteiger partial charge in [-0.05, 0) is 31.0 Å². The van der Waals surface area contributed by atoms with Gasteiger partial charge in [-0.3, -0.25) is 4.79 Å². The third-order valence-corrected chi connectivity index (χ3v) is 4.02. The number of ether oxygens (including phenoxy) is 1. The summed E-state index contributed by atoms with van der Waals surface area (Å²) in [5.41, 5.74) is 0.974. The molecule has 0 aromatic heterocycles. The molecule has 1 aromatic carbocycles. The van der Waals surface area contributed by atoms with Crippen LogP contribution in [0.3, 0.4) is 0 Å². The van der Waals surface area contributed by atoms with Crippen molar-refractivity contribution < 1.29 is 14.6 Å². The molecule has 4 nitrogen and oxygen atoms in total. The van der Waals surface area contributed by atoms with Gasteiger partial charge < -0.3 is 14.7 Å². The summed E-state index contributed by atoms with van der Waals surface area (Å²) < 4.78 is 5.55. The molecule has 2 rings (SSSR count). The summed E-state index contributed by atoms with van der Waals surface area (Å²) in [6.07, 6.45) is 0.248. The van der Waals surface area contributed by atoms with Crippen molar-refractivity contribution in [3.63, 3.8) is 0 Å². The first-order valence-electron chi connectivity index (χ1n) is 6.88. The molecule has 0 spiro atoms. The summed E-state index contributed by atoms with van der Waals surface area (Å²) in [6, 6.07) is 7.05. The van der Waals surface area contributed by atoms with E-state index in [2.05, 4.69) is 0 Å². The average Bonchev–Trinajstić information content (AvgIpc) is 2.46. The van der Waals surface area contributed by atoms with E-state index in [-0.39, 0.29) is 24.6 Å². The number of carbonyl (C=O) groups excluding carboxylic acids is 1. The lowest BCUT2D eigenvalue weighted by molar-refractivity contribution is -0.164. The monoisotopic (exact) mass is 297 g/mol. The molecule has 0 bridgehead atoms. The van der Waals surface area contributed by atoms with E-state index < -0.39 is 6.10 Å². The number of rotatable bonds is 4. The molecule has 3 atom stereocenters. The Bertz CT molecular complexity index is 459. The van der Waals surface area contributed by atoms with Crippen LogP contribution in [-0.2, 0) is 9.53 Å². The molecule has 0 aliphatic carbocycles. The first kappa shape index (κ1) is 15.3. The molecule has 1 aromatic rings. The van der Waals surface area contributed by atoms with Gasteiger partial charge in [0.15, 0.2) is 0 Å². The number of hydrogen-bond donors (Lipinski definition) is 1. The predicted molar refractivity (Wildman–Crippen MR) is 77.6 cm³/mol. The Hall–Kier alpha value is -1.10. The number of carbonyl (C=O) groups is 1. The Morgan fingerprint density at radius 3 is 2.65 bits per heavy atom. The second-order valence-corrected chi connectivity index (χ2v) is 5.47. The highest BCUT2D eigenvalue weighted by Crippen LogP contribution is 2.30. The van der Waals surface area contributed by atoms with E-state index in [1.807, 2.05) is 19.1 Å². The van der Waals surface area contributed by atoms with Crippen LogP contribution in [0.4, 0.5) is 0 Å². The van der Waals surface area contributed by atoms with Gasteiger partial charge in [0.1, 0.15) is 6.10 Å². The van der Waals surface area contributed by atoms with Gasteiger partial charge in [-0.15, -0.1) is 0 Å². The smallest absolute Gasteiger partial charge is 0.252 e. The van der Waals surface area contributed by atoms with Crippen LogP contribution in [0.25, 0.3) is 0 Å². The van der Waals surface area contributed by atoms with Crippen molar-refractivity contribution in [1.82, 2.24) is 4.90 Å². The van der Waals surface area contributed by atoms with Gasteiger partial charge in [-0.2, -0.15) is 0 Å². The lowest BCUT2D eigenvalue weighted by Crippen LogP contribution is -2.53. The fraction of sp³-hybridized carbons (Fsp3) is 0.533. The Balaban J connectivity index is 2.33. The van der Waals surface area contributed by atoms with Crippen molar-refractivity contribution in [2.75, 3.05) is 13.2 Å². The number of aliphatic hydroxyl groups excluding tert-OH is 1. The van der Waals surface area contributed by atoms with Gasteiger partial charge in [0.25, 0.3) is 5.91 Å². The lowest BCUT2D eigenvalue weighted by Gasteiger charge is -2.42. The molecule has 1 saturated heterocycles. The van der Waals surface area contributed by atoms with E-state index in [4.69, 9.17) is 16.3 Å². The Kier molecular flexibility index (Phi) is 5.02. The normalized spacial score (nSPS) is 24.8. The predicted octanol–water partition coefficient (Wildman–Crippen LogP) is 2.40. The van der Waals surface area contributed by atoms with Gasteiger partial charge in [0, 0.05) is 5.02 Å². The maximum absolute atomic E-state index is 12.4. The fourth-order valence-corrected chi connectivity index (χ4v) is 2.67. The first-order valence-corrected chi connectivity index (χ1v) is 7.26. The van der Waals surface area contributed by atoms with Crippen molar-refractivity contribution in [2.24, 2.45) is 0 Å². The van der Waals surface area contributed by atoms with Crippen LogP contribution in [0.1, 0.15) is 31.9 Å². The molecule has 1 unspecified atom stereocenters. The summed E-state index contributed by atoms with van der Waals surface area (Å²) in [5.74, 6) is -0.0721. The van der Waals surface area contributed by atoms with Gasteiger partial charge in [-0.1, -0.05) is 30.7 Å². The van der Waals surface area contributed by atoms with Crippen LogP contribution in [0, 0.1) is 0 Å². The quantitative estimate of drug-likeness (QED) is 0.928.